The van der Waals surface area contributed by atoms with Crippen LogP contribution >= 0.6 is 23.1 Å². The van der Waals surface area contributed by atoms with Gasteiger partial charge in [-0.05, 0) is 42.8 Å². The lowest BCUT2D eigenvalue weighted by molar-refractivity contribution is 0.318. The summed E-state index contributed by atoms with van der Waals surface area (Å²) >= 11 is 3.23. The smallest absolute Gasteiger partial charge is 0.206 e. The van der Waals surface area contributed by atoms with Gasteiger partial charge in [-0.25, -0.2) is 0 Å². The van der Waals surface area contributed by atoms with Crippen LogP contribution in [0.25, 0.3) is 0 Å². The lowest BCUT2D eigenvalue weighted by atomic mass is 10.3. The number of rotatable bonds is 10. The van der Waals surface area contributed by atoms with Crippen LogP contribution in [0, 0.1) is 0 Å². The Balaban J connectivity index is 1.32. The molecule has 0 fully saturated rings. The third kappa shape index (κ3) is 5.68. The van der Waals surface area contributed by atoms with Crippen molar-refractivity contribution in [2.75, 3.05) is 24.8 Å². The lowest BCUT2D eigenvalue weighted by Gasteiger charge is -2.06. The second kappa shape index (κ2) is 9.33. The molecule has 3 aromatic rings. The standard InChI is InChI=1S/C17H19N3O3S2/c1-21-13-5-7-14(8-6-13)22-10-3-11-24-17-20-19-16(25-17)18-12-15-4-2-9-23-15/h2,4-9H,3,10-12H2,1H3,(H,18,19). The number of anilines is 1. The average molecular weight is 377 g/mol. The summed E-state index contributed by atoms with van der Waals surface area (Å²) in [4.78, 5) is 0. The molecule has 6 nitrogen and oxygen atoms in total. The Labute approximate surface area is 154 Å². The maximum atomic E-state index is 5.70. The fourth-order valence-corrected chi connectivity index (χ4v) is 3.73. The van der Waals surface area contributed by atoms with E-state index in [1.165, 1.54) is 0 Å². The molecule has 0 atom stereocenters. The number of thioether (sulfide) groups is 1. The quantitative estimate of drug-likeness (QED) is 0.417. The van der Waals surface area contributed by atoms with Crippen LogP contribution in [0.3, 0.4) is 0 Å². The molecule has 1 N–H and O–H groups in total. The molecular formula is C17H19N3O3S2. The zero-order valence-corrected chi connectivity index (χ0v) is 15.4. The van der Waals surface area contributed by atoms with Crippen LogP contribution in [-0.4, -0.2) is 29.7 Å². The fraction of sp³-hybridized carbons (Fsp3) is 0.294. The van der Waals surface area contributed by atoms with Crippen LogP contribution in [0.5, 0.6) is 11.5 Å². The third-order valence-corrected chi connectivity index (χ3v) is 5.34. The Hall–Kier alpha value is -2.19. The van der Waals surface area contributed by atoms with E-state index in [4.69, 9.17) is 13.9 Å². The highest BCUT2D eigenvalue weighted by molar-refractivity contribution is 8.01. The van der Waals surface area contributed by atoms with Gasteiger partial charge < -0.3 is 19.2 Å². The van der Waals surface area contributed by atoms with Crippen molar-refractivity contribution in [3.63, 3.8) is 0 Å². The van der Waals surface area contributed by atoms with Crippen molar-refractivity contribution in [2.45, 2.75) is 17.3 Å². The molecule has 25 heavy (non-hydrogen) atoms. The van der Waals surface area contributed by atoms with E-state index in [0.29, 0.717) is 13.2 Å². The molecule has 1 aromatic carbocycles. The number of methoxy groups -OCH3 is 1. The number of hydrogen-bond donors (Lipinski definition) is 1. The molecule has 0 aliphatic rings. The van der Waals surface area contributed by atoms with Crippen LogP contribution in [0.1, 0.15) is 12.2 Å². The molecule has 8 heteroatoms. The van der Waals surface area contributed by atoms with Crippen molar-refractivity contribution in [1.82, 2.24) is 10.2 Å². The van der Waals surface area contributed by atoms with Gasteiger partial charge in [0, 0.05) is 5.75 Å². The van der Waals surface area contributed by atoms with E-state index < -0.39 is 0 Å². The van der Waals surface area contributed by atoms with Gasteiger partial charge in [0.2, 0.25) is 5.13 Å². The Bertz CT molecular complexity index is 745. The molecule has 132 valence electrons. The zero-order valence-electron chi connectivity index (χ0n) is 13.8. The predicted octanol–water partition coefficient (Wildman–Crippen LogP) is 4.31. The minimum atomic E-state index is 0.613. The molecule has 0 saturated carbocycles. The summed E-state index contributed by atoms with van der Waals surface area (Å²) in [6, 6.07) is 11.4. The highest BCUT2D eigenvalue weighted by Gasteiger charge is 2.05. The molecule has 0 radical (unpaired) electrons. The van der Waals surface area contributed by atoms with Gasteiger partial charge in [0.15, 0.2) is 4.34 Å². The molecular weight excluding hydrogens is 358 g/mol. The van der Waals surface area contributed by atoms with E-state index in [2.05, 4.69) is 15.5 Å². The predicted molar refractivity (Wildman–Crippen MR) is 99.8 cm³/mol. The Morgan fingerprint density at radius 1 is 1.16 bits per heavy atom. The number of aromatic nitrogens is 2. The summed E-state index contributed by atoms with van der Waals surface area (Å²) < 4.78 is 17.0. The van der Waals surface area contributed by atoms with E-state index >= 15 is 0 Å². The van der Waals surface area contributed by atoms with Crippen molar-refractivity contribution < 1.29 is 13.9 Å². The number of furan rings is 1. The van der Waals surface area contributed by atoms with Gasteiger partial charge in [0.25, 0.3) is 0 Å². The van der Waals surface area contributed by atoms with Crippen LogP contribution < -0.4 is 14.8 Å². The number of benzene rings is 1. The summed E-state index contributed by atoms with van der Waals surface area (Å²) in [7, 11) is 1.65. The second-order valence-corrected chi connectivity index (χ2v) is 7.35. The van der Waals surface area contributed by atoms with Gasteiger partial charge >= 0.3 is 0 Å². The van der Waals surface area contributed by atoms with Crippen LogP contribution in [0.15, 0.2) is 51.4 Å². The molecule has 0 saturated heterocycles. The summed E-state index contributed by atoms with van der Waals surface area (Å²) in [5.41, 5.74) is 0. The maximum Gasteiger partial charge on any atom is 0.206 e. The van der Waals surface area contributed by atoms with Gasteiger partial charge in [-0.1, -0.05) is 23.1 Å². The molecule has 3 rings (SSSR count). The van der Waals surface area contributed by atoms with E-state index in [1.807, 2.05) is 36.4 Å². The highest BCUT2D eigenvalue weighted by atomic mass is 32.2. The maximum absolute atomic E-state index is 5.70. The van der Waals surface area contributed by atoms with E-state index in [-0.39, 0.29) is 0 Å². The van der Waals surface area contributed by atoms with Gasteiger partial charge in [0.05, 0.1) is 26.5 Å². The van der Waals surface area contributed by atoms with Crippen molar-refractivity contribution in [2.24, 2.45) is 0 Å². The van der Waals surface area contributed by atoms with Crippen molar-refractivity contribution in [3.05, 3.63) is 48.4 Å². The monoisotopic (exact) mass is 377 g/mol. The third-order valence-electron chi connectivity index (χ3n) is 3.24. The molecule has 0 bridgehead atoms. The summed E-state index contributed by atoms with van der Waals surface area (Å²) in [6.45, 7) is 1.28. The van der Waals surface area contributed by atoms with Gasteiger partial charge in [0.1, 0.15) is 17.3 Å². The van der Waals surface area contributed by atoms with Crippen molar-refractivity contribution >= 4 is 28.2 Å². The number of hydrogen-bond acceptors (Lipinski definition) is 8. The van der Waals surface area contributed by atoms with E-state index in [1.54, 1.807) is 36.5 Å². The summed E-state index contributed by atoms with van der Waals surface area (Å²) in [5, 5.41) is 12.3. The van der Waals surface area contributed by atoms with Gasteiger partial charge in [-0.15, -0.1) is 10.2 Å². The molecule has 0 unspecified atom stereocenters. The SMILES string of the molecule is COc1ccc(OCCCSc2nnc(NCc3ccco3)s2)cc1. The Morgan fingerprint density at radius 2 is 2.00 bits per heavy atom. The molecule has 0 spiro atoms. The van der Waals surface area contributed by atoms with Crippen molar-refractivity contribution in [1.29, 1.82) is 0 Å². The summed E-state index contributed by atoms with van der Waals surface area (Å²) in [6.07, 6.45) is 2.60. The minimum absolute atomic E-state index is 0.613. The normalized spacial score (nSPS) is 10.6. The largest absolute Gasteiger partial charge is 0.497 e. The molecule has 0 aliphatic heterocycles. The first-order chi connectivity index (χ1) is 12.3. The minimum Gasteiger partial charge on any atom is -0.497 e. The van der Waals surface area contributed by atoms with Gasteiger partial charge in [-0.3, -0.25) is 0 Å². The first-order valence-electron chi connectivity index (χ1n) is 7.83. The molecule has 2 heterocycles. The van der Waals surface area contributed by atoms with E-state index in [0.717, 1.165) is 38.9 Å². The highest BCUT2D eigenvalue weighted by Crippen LogP contribution is 2.26. The Morgan fingerprint density at radius 3 is 2.76 bits per heavy atom. The topological polar surface area (TPSA) is 69.4 Å². The lowest BCUT2D eigenvalue weighted by Crippen LogP contribution is -1.98. The second-order valence-electron chi connectivity index (χ2n) is 5.03. The zero-order chi connectivity index (χ0) is 17.3. The number of nitrogens with zero attached hydrogens (tertiary/aromatic N) is 2. The van der Waals surface area contributed by atoms with Gasteiger partial charge in [-0.2, -0.15) is 0 Å². The van der Waals surface area contributed by atoms with E-state index in [9.17, 15) is 0 Å². The molecule has 0 amide bonds. The fourth-order valence-electron chi connectivity index (χ4n) is 2.00. The molecule has 2 aromatic heterocycles. The van der Waals surface area contributed by atoms with Crippen LogP contribution in [0.2, 0.25) is 0 Å². The van der Waals surface area contributed by atoms with Crippen LogP contribution in [0.4, 0.5) is 5.13 Å². The number of nitrogens with one attached hydrogen (secondary N) is 1. The molecule has 0 aliphatic carbocycles. The average Bonchev–Trinajstić information content (AvgIpc) is 3.32. The first kappa shape index (κ1) is 17.6. The van der Waals surface area contributed by atoms with Crippen LogP contribution in [-0.2, 0) is 6.54 Å². The summed E-state index contributed by atoms with van der Waals surface area (Å²) in [5.74, 6) is 3.49. The van der Waals surface area contributed by atoms with Crippen molar-refractivity contribution in [3.8, 4) is 11.5 Å². The number of ether oxygens (including phenoxy) is 2. The Kier molecular flexibility index (Phi) is 6.58. The first-order valence-corrected chi connectivity index (χ1v) is 9.63.